The van der Waals surface area contributed by atoms with Crippen LogP contribution in [0.15, 0.2) is 59.8 Å². The molecule has 2 N–H and O–H groups in total. The van der Waals surface area contributed by atoms with Crippen LogP contribution in [0.1, 0.15) is 5.56 Å². The second kappa shape index (κ2) is 9.57. The van der Waals surface area contributed by atoms with Crippen molar-refractivity contribution in [3.05, 3.63) is 76.4 Å². The molecule has 1 saturated heterocycles. The molecule has 0 radical (unpaired) electrons. The van der Waals surface area contributed by atoms with Gasteiger partial charge in [-0.1, -0.05) is 17.7 Å². The zero-order chi connectivity index (χ0) is 24.3. The number of rotatable bonds is 7. The van der Waals surface area contributed by atoms with Crippen LogP contribution in [0, 0.1) is 22.9 Å². The third-order valence-corrected chi connectivity index (χ3v) is 6.66. The van der Waals surface area contributed by atoms with Crippen LogP contribution in [0.25, 0.3) is 0 Å². The summed E-state index contributed by atoms with van der Waals surface area (Å²) in [6, 6.07) is 12.3. The lowest BCUT2D eigenvalue weighted by Crippen LogP contribution is -2.47. The number of nitrogens with one attached hydrogen (secondary N) is 2. The Labute approximate surface area is 195 Å². The highest BCUT2D eigenvalue weighted by atomic mass is 32.2. The quantitative estimate of drug-likeness (QED) is 0.381. The van der Waals surface area contributed by atoms with Gasteiger partial charge in [0.15, 0.2) is 0 Å². The van der Waals surface area contributed by atoms with Crippen molar-refractivity contribution in [2.45, 2.75) is 11.8 Å². The summed E-state index contributed by atoms with van der Waals surface area (Å²) in [5.41, 5.74) is 3.67. The fourth-order valence-corrected chi connectivity index (χ4v) is 4.42. The van der Waals surface area contributed by atoms with Gasteiger partial charge >= 0.3 is 5.69 Å². The maximum atomic E-state index is 13.2. The lowest BCUT2D eigenvalue weighted by molar-refractivity contribution is -0.383. The minimum Gasteiger partial charge on any atom is -0.368 e. The molecule has 0 atom stereocenters. The van der Waals surface area contributed by atoms with E-state index >= 15 is 0 Å². The van der Waals surface area contributed by atoms with Crippen LogP contribution in [0.2, 0.25) is 0 Å². The van der Waals surface area contributed by atoms with Crippen molar-refractivity contribution in [3.63, 3.8) is 0 Å². The van der Waals surface area contributed by atoms with E-state index in [1.165, 1.54) is 24.3 Å². The Hall–Kier alpha value is -3.84. The molecule has 11 nitrogen and oxygen atoms in total. The van der Waals surface area contributed by atoms with Gasteiger partial charge in [0.2, 0.25) is 11.6 Å². The lowest BCUT2D eigenvalue weighted by Gasteiger charge is -2.36. The largest absolute Gasteiger partial charge is 0.368 e. The fraction of sp³-hybridized carbons (Fsp3) is 0.238. The number of sulfonamides is 1. The van der Waals surface area contributed by atoms with Gasteiger partial charge in [-0.25, -0.2) is 22.8 Å². The molecular weight excluding hydrogens is 465 g/mol. The standard InChI is InChI=1S/C21H22FN7O4S/c1-15-2-8-18(9-3-15)34(32,33)26-25-20-19(29(30)31)21(24-14-23-20)28-12-10-27(11-13-28)17-6-4-16(22)5-7-17/h2-9,14,26H,10-13H2,1H3,(H,23,24,25). The summed E-state index contributed by atoms with van der Waals surface area (Å²) in [5, 5.41) is 11.9. The molecule has 1 aliphatic heterocycles. The van der Waals surface area contributed by atoms with E-state index in [4.69, 9.17) is 0 Å². The number of hydrogen-bond acceptors (Lipinski definition) is 9. The average molecular weight is 488 g/mol. The van der Waals surface area contributed by atoms with Gasteiger partial charge < -0.3 is 9.80 Å². The van der Waals surface area contributed by atoms with Crippen LogP contribution in [0.4, 0.5) is 27.4 Å². The lowest BCUT2D eigenvalue weighted by atomic mass is 10.2. The van der Waals surface area contributed by atoms with Gasteiger partial charge in [0.05, 0.1) is 9.82 Å². The number of anilines is 3. The minimum absolute atomic E-state index is 0.000511. The minimum atomic E-state index is -3.99. The first-order valence-corrected chi connectivity index (χ1v) is 11.8. The Morgan fingerprint density at radius 3 is 2.21 bits per heavy atom. The van der Waals surface area contributed by atoms with Crippen molar-refractivity contribution in [2.75, 3.05) is 41.4 Å². The number of aryl methyl sites for hydroxylation is 1. The second-order valence-corrected chi connectivity index (χ2v) is 9.33. The number of halogens is 1. The van der Waals surface area contributed by atoms with Crippen molar-refractivity contribution in [2.24, 2.45) is 0 Å². The van der Waals surface area contributed by atoms with Crippen LogP contribution in [-0.2, 0) is 10.0 Å². The average Bonchev–Trinajstić information content (AvgIpc) is 2.83. The molecule has 0 unspecified atom stereocenters. The number of hydrazine groups is 1. The molecule has 34 heavy (non-hydrogen) atoms. The molecule has 0 bridgehead atoms. The van der Waals surface area contributed by atoms with Gasteiger partial charge in [-0.15, -0.1) is 4.83 Å². The molecule has 0 aliphatic carbocycles. The molecule has 0 amide bonds. The zero-order valence-corrected chi connectivity index (χ0v) is 19.0. The number of nitrogens with zero attached hydrogens (tertiary/aromatic N) is 5. The number of hydrogen-bond donors (Lipinski definition) is 2. The molecule has 4 rings (SSSR count). The smallest absolute Gasteiger partial charge is 0.354 e. The fourth-order valence-electron chi connectivity index (χ4n) is 3.58. The molecular formula is C21H22FN7O4S. The van der Waals surface area contributed by atoms with Gasteiger partial charge in [0.1, 0.15) is 12.1 Å². The van der Waals surface area contributed by atoms with E-state index < -0.39 is 20.6 Å². The Bertz CT molecular complexity index is 1280. The zero-order valence-electron chi connectivity index (χ0n) is 18.2. The molecule has 13 heteroatoms. The molecule has 3 aromatic rings. The van der Waals surface area contributed by atoms with Gasteiger partial charge in [0.25, 0.3) is 10.0 Å². The van der Waals surface area contributed by atoms with Gasteiger partial charge in [-0.05, 0) is 43.3 Å². The molecule has 1 fully saturated rings. The summed E-state index contributed by atoms with van der Waals surface area (Å²) in [4.78, 5) is 25.1. The first-order chi connectivity index (χ1) is 16.2. The Morgan fingerprint density at radius 2 is 1.59 bits per heavy atom. The normalized spacial score (nSPS) is 14.2. The SMILES string of the molecule is Cc1ccc(S(=O)(=O)NNc2ncnc(N3CCN(c4ccc(F)cc4)CC3)c2[N+](=O)[O-])cc1. The van der Waals surface area contributed by atoms with Crippen molar-refractivity contribution in [1.29, 1.82) is 0 Å². The molecule has 2 heterocycles. The molecule has 2 aromatic carbocycles. The van der Waals surface area contributed by atoms with Crippen molar-refractivity contribution >= 4 is 33.0 Å². The first-order valence-electron chi connectivity index (χ1n) is 10.3. The monoisotopic (exact) mass is 487 g/mol. The summed E-state index contributed by atoms with van der Waals surface area (Å²) in [7, 11) is -3.99. The van der Waals surface area contributed by atoms with E-state index in [-0.39, 0.29) is 22.3 Å². The predicted molar refractivity (Wildman–Crippen MR) is 125 cm³/mol. The predicted octanol–water partition coefficient (Wildman–Crippen LogP) is 2.46. The molecule has 0 spiro atoms. The maximum absolute atomic E-state index is 13.2. The number of benzene rings is 2. The van der Waals surface area contributed by atoms with E-state index in [1.54, 1.807) is 29.2 Å². The Kier molecular flexibility index (Phi) is 6.56. The van der Waals surface area contributed by atoms with Crippen molar-refractivity contribution < 1.29 is 17.7 Å². The molecule has 178 valence electrons. The number of piperazine rings is 1. The van der Waals surface area contributed by atoms with E-state index in [0.29, 0.717) is 26.2 Å². The summed E-state index contributed by atoms with van der Waals surface area (Å²) in [6.45, 7) is 3.74. The van der Waals surface area contributed by atoms with E-state index in [0.717, 1.165) is 17.6 Å². The maximum Gasteiger partial charge on any atom is 0.354 e. The van der Waals surface area contributed by atoms with Gasteiger partial charge in [-0.3, -0.25) is 15.5 Å². The van der Waals surface area contributed by atoms with E-state index in [9.17, 15) is 22.9 Å². The number of nitro groups is 1. The summed E-state index contributed by atoms with van der Waals surface area (Å²) < 4.78 is 38.3. The first kappa shape index (κ1) is 23.3. The molecule has 1 aliphatic rings. The molecule has 0 saturated carbocycles. The van der Waals surface area contributed by atoms with Crippen LogP contribution < -0.4 is 20.1 Å². The molecule has 1 aromatic heterocycles. The van der Waals surface area contributed by atoms with Crippen LogP contribution in [-0.4, -0.2) is 49.5 Å². The van der Waals surface area contributed by atoms with Gasteiger partial charge in [-0.2, -0.15) is 0 Å². The van der Waals surface area contributed by atoms with Crippen LogP contribution >= 0.6 is 0 Å². The third-order valence-electron chi connectivity index (χ3n) is 5.39. The third kappa shape index (κ3) is 5.05. The summed E-state index contributed by atoms with van der Waals surface area (Å²) in [6.07, 6.45) is 1.14. The van der Waals surface area contributed by atoms with Crippen molar-refractivity contribution in [1.82, 2.24) is 14.8 Å². The Balaban J connectivity index is 1.51. The highest BCUT2D eigenvalue weighted by Gasteiger charge is 2.30. The Morgan fingerprint density at radius 1 is 0.971 bits per heavy atom. The van der Waals surface area contributed by atoms with Crippen LogP contribution in [0.3, 0.4) is 0 Å². The highest BCUT2D eigenvalue weighted by Crippen LogP contribution is 2.32. The van der Waals surface area contributed by atoms with Crippen LogP contribution in [0.5, 0.6) is 0 Å². The van der Waals surface area contributed by atoms with E-state index in [1.807, 2.05) is 11.8 Å². The van der Waals surface area contributed by atoms with Crippen molar-refractivity contribution in [3.8, 4) is 0 Å². The number of aromatic nitrogens is 2. The summed E-state index contributed by atoms with van der Waals surface area (Å²) >= 11 is 0. The second-order valence-electron chi connectivity index (χ2n) is 7.65. The van der Waals surface area contributed by atoms with E-state index in [2.05, 4.69) is 20.2 Å². The highest BCUT2D eigenvalue weighted by molar-refractivity contribution is 7.89. The topological polar surface area (TPSA) is 134 Å². The van der Waals surface area contributed by atoms with Gasteiger partial charge in [0, 0.05) is 31.9 Å². The summed E-state index contributed by atoms with van der Waals surface area (Å²) in [5.74, 6) is -0.514.